The molecule has 0 bridgehead atoms. The Morgan fingerprint density at radius 2 is 1.55 bits per heavy atom. The van der Waals surface area contributed by atoms with Gasteiger partial charge in [0.2, 0.25) is 0 Å². The molecular formula is C20H15Cl3N2O3S. The van der Waals surface area contributed by atoms with E-state index in [1.54, 1.807) is 49.4 Å². The van der Waals surface area contributed by atoms with Crippen molar-refractivity contribution in [1.82, 2.24) is 0 Å². The highest BCUT2D eigenvalue weighted by molar-refractivity contribution is 7.92. The molecule has 3 aromatic carbocycles. The molecule has 3 rings (SSSR count). The van der Waals surface area contributed by atoms with Crippen LogP contribution in [-0.2, 0) is 10.0 Å². The third kappa shape index (κ3) is 4.85. The molecule has 0 aromatic heterocycles. The zero-order chi connectivity index (χ0) is 21.2. The van der Waals surface area contributed by atoms with Crippen LogP contribution in [0.3, 0.4) is 0 Å². The average molecular weight is 470 g/mol. The second kappa shape index (κ2) is 8.63. The number of hydrogen-bond acceptors (Lipinski definition) is 3. The third-order valence-electron chi connectivity index (χ3n) is 4.07. The fourth-order valence-corrected chi connectivity index (χ4v) is 4.54. The van der Waals surface area contributed by atoms with E-state index < -0.39 is 15.9 Å². The number of carbonyl (C=O) groups is 1. The van der Waals surface area contributed by atoms with E-state index in [1.165, 1.54) is 18.2 Å². The van der Waals surface area contributed by atoms with Gasteiger partial charge < -0.3 is 5.32 Å². The standard InChI is InChI=1S/C20H15Cl3N2O3S/c1-12-5-2-3-7-16(12)25-29(27,28)18-11-13(9-10-14(18)21)20(26)24-17-8-4-6-15(22)19(17)23/h2-11,25H,1H3,(H,24,26). The van der Waals surface area contributed by atoms with Gasteiger partial charge in [-0.3, -0.25) is 9.52 Å². The smallest absolute Gasteiger partial charge is 0.263 e. The molecule has 150 valence electrons. The first-order valence-electron chi connectivity index (χ1n) is 8.32. The Kier molecular flexibility index (Phi) is 6.39. The van der Waals surface area contributed by atoms with Crippen LogP contribution in [0.4, 0.5) is 11.4 Å². The molecule has 0 unspecified atom stereocenters. The molecule has 29 heavy (non-hydrogen) atoms. The van der Waals surface area contributed by atoms with Crippen LogP contribution in [0.1, 0.15) is 15.9 Å². The molecule has 0 aliphatic heterocycles. The van der Waals surface area contributed by atoms with Gasteiger partial charge in [0.05, 0.1) is 26.4 Å². The summed E-state index contributed by atoms with van der Waals surface area (Å²) in [6.45, 7) is 1.78. The summed E-state index contributed by atoms with van der Waals surface area (Å²) in [6, 6.07) is 15.7. The fourth-order valence-electron chi connectivity index (χ4n) is 2.53. The van der Waals surface area contributed by atoms with E-state index in [0.717, 1.165) is 5.56 Å². The quantitative estimate of drug-likeness (QED) is 0.480. The number of hydrogen-bond donors (Lipinski definition) is 2. The predicted octanol–water partition coefficient (Wildman–Crippen LogP) is 6.01. The molecule has 5 nitrogen and oxygen atoms in total. The Balaban J connectivity index is 1.92. The van der Waals surface area contributed by atoms with E-state index >= 15 is 0 Å². The predicted molar refractivity (Wildman–Crippen MR) is 118 cm³/mol. The van der Waals surface area contributed by atoms with Gasteiger partial charge in [-0.15, -0.1) is 0 Å². The van der Waals surface area contributed by atoms with Crippen LogP contribution in [0.25, 0.3) is 0 Å². The van der Waals surface area contributed by atoms with Crippen molar-refractivity contribution in [2.45, 2.75) is 11.8 Å². The maximum atomic E-state index is 12.8. The minimum absolute atomic E-state index is 0.0107. The summed E-state index contributed by atoms with van der Waals surface area (Å²) in [7, 11) is -4.02. The molecule has 0 aliphatic carbocycles. The van der Waals surface area contributed by atoms with E-state index in [4.69, 9.17) is 34.8 Å². The zero-order valence-corrected chi connectivity index (χ0v) is 18.1. The maximum Gasteiger partial charge on any atom is 0.263 e. The lowest BCUT2D eigenvalue weighted by molar-refractivity contribution is 0.102. The van der Waals surface area contributed by atoms with E-state index in [-0.39, 0.29) is 25.5 Å². The first-order chi connectivity index (χ1) is 13.7. The molecule has 0 atom stereocenters. The number of carbonyl (C=O) groups excluding carboxylic acids is 1. The van der Waals surface area contributed by atoms with Gasteiger partial charge >= 0.3 is 0 Å². The van der Waals surface area contributed by atoms with E-state index in [9.17, 15) is 13.2 Å². The van der Waals surface area contributed by atoms with Gasteiger partial charge in [0.25, 0.3) is 15.9 Å². The summed E-state index contributed by atoms with van der Waals surface area (Å²) < 4.78 is 28.2. The van der Waals surface area contributed by atoms with Gasteiger partial charge in [-0.05, 0) is 48.9 Å². The molecule has 0 aliphatic rings. The Hall–Kier alpha value is -2.25. The highest BCUT2D eigenvalue weighted by Crippen LogP contribution is 2.31. The molecular weight excluding hydrogens is 455 g/mol. The highest BCUT2D eigenvalue weighted by atomic mass is 35.5. The number of aryl methyl sites for hydroxylation is 1. The summed E-state index contributed by atoms with van der Waals surface area (Å²) in [4.78, 5) is 12.4. The summed E-state index contributed by atoms with van der Waals surface area (Å²) in [5.41, 5.74) is 1.57. The van der Waals surface area contributed by atoms with Crippen molar-refractivity contribution in [2.75, 3.05) is 10.0 Å². The molecule has 0 heterocycles. The van der Waals surface area contributed by atoms with Crippen molar-refractivity contribution in [3.8, 4) is 0 Å². The monoisotopic (exact) mass is 468 g/mol. The first kappa shape index (κ1) is 21.5. The molecule has 0 saturated carbocycles. The first-order valence-corrected chi connectivity index (χ1v) is 10.9. The maximum absolute atomic E-state index is 12.8. The number of nitrogens with one attached hydrogen (secondary N) is 2. The van der Waals surface area contributed by atoms with Crippen molar-refractivity contribution in [2.24, 2.45) is 0 Å². The van der Waals surface area contributed by atoms with Crippen LogP contribution in [-0.4, -0.2) is 14.3 Å². The number of rotatable bonds is 5. The Morgan fingerprint density at radius 1 is 0.862 bits per heavy atom. The van der Waals surface area contributed by atoms with Gasteiger partial charge in [0.15, 0.2) is 0 Å². The topological polar surface area (TPSA) is 75.3 Å². The lowest BCUT2D eigenvalue weighted by Crippen LogP contribution is -2.17. The lowest BCUT2D eigenvalue weighted by atomic mass is 10.2. The van der Waals surface area contributed by atoms with Crippen LogP contribution in [0.15, 0.2) is 65.6 Å². The Labute approximate surface area is 183 Å². The van der Waals surface area contributed by atoms with Crippen LogP contribution >= 0.6 is 34.8 Å². The Morgan fingerprint density at radius 3 is 2.28 bits per heavy atom. The molecule has 3 aromatic rings. The summed E-state index contributed by atoms with van der Waals surface area (Å²) in [5.74, 6) is -0.557. The second-order valence-corrected chi connectivity index (χ2v) is 8.96. The van der Waals surface area contributed by atoms with E-state index in [1.807, 2.05) is 0 Å². The number of anilines is 2. The zero-order valence-electron chi connectivity index (χ0n) is 15.0. The van der Waals surface area contributed by atoms with Crippen LogP contribution in [0, 0.1) is 6.92 Å². The molecule has 0 radical (unpaired) electrons. The number of halogens is 3. The average Bonchev–Trinajstić information content (AvgIpc) is 2.67. The lowest BCUT2D eigenvalue weighted by Gasteiger charge is -2.13. The summed E-state index contributed by atoms with van der Waals surface area (Å²) in [6.07, 6.45) is 0. The van der Waals surface area contributed by atoms with E-state index in [0.29, 0.717) is 11.4 Å². The van der Waals surface area contributed by atoms with Gasteiger partial charge in [-0.25, -0.2) is 8.42 Å². The molecule has 9 heteroatoms. The van der Waals surface area contributed by atoms with E-state index in [2.05, 4.69) is 10.0 Å². The number of benzene rings is 3. The fraction of sp³-hybridized carbons (Fsp3) is 0.0500. The number of para-hydroxylation sites is 1. The summed E-state index contributed by atoms with van der Waals surface area (Å²) >= 11 is 18.1. The minimum atomic E-state index is -4.02. The van der Waals surface area contributed by atoms with Crippen LogP contribution in [0.2, 0.25) is 15.1 Å². The van der Waals surface area contributed by atoms with Gasteiger partial charge in [0.1, 0.15) is 4.90 Å². The largest absolute Gasteiger partial charge is 0.321 e. The number of sulfonamides is 1. The summed E-state index contributed by atoms with van der Waals surface area (Å²) in [5, 5.41) is 3.07. The van der Waals surface area contributed by atoms with Crippen molar-refractivity contribution in [1.29, 1.82) is 0 Å². The van der Waals surface area contributed by atoms with Gasteiger partial charge in [0, 0.05) is 5.56 Å². The SMILES string of the molecule is Cc1ccccc1NS(=O)(=O)c1cc(C(=O)Nc2cccc(Cl)c2Cl)ccc1Cl. The molecule has 0 spiro atoms. The van der Waals surface area contributed by atoms with Gasteiger partial charge in [-0.2, -0.15) is 0 Å². The third-order valence-corrected chi connectivity index (χ3v) is 6.74. The number of amides is 1. The molecule has 0 fully saturated rings. The second-order valence-electron chi connectivity index (χ2n) is 6.12. The van der Waals surface area contributed by atoms with Crippen molar-refractivity contribution >= 4 is 62.1 Å². The Bertz CT molecular complexity index is 1200. The highest BCUT2D eigenvalue weighted by Gasteiger charge is 2.21. The van der Waals surface area contributed by atoms with Crippen molar-refractivity contribution in [3.05, 3.63) is 86.9 Å². The normalized spacial score (nSPS) is 11.2. The minimum Gasteiger partial charge on any atom is -0.321 e. The van der Waals surface area contributed by atoms with Crippen LogP contribution in [0.5, 0.6) is 0 Å². The van der Waals surface area contributed by atoms with Crippen molar-refractivity contribution in [3.63, 3.8) is 0 Å². The van der Waals surface area contributed by atoms with Crippen molar-refractivity contribution < 1.29 is 13.2 Å². The molecule has 1 amide bonds. The molecule has 2 N–H and O–H groups in total. The molecule has 0 saturated heterocycles. The van der Waals surface area contributed by atoms with Crippen LogP contribution < -0.4 is 10.0 Å². The van der Waals surface area contributed by atoms with Gasteiger partial charge in [-0.1, -0.05) is 59.1 Å².